The summed E-state index contributed by atoms with van der Waals surface area (Å²) in [6, 6.07) is 0. The number of hydrogen-bond acceptors (Lipinski definition) is 3. The van der Waals surface area contributed by atoms with Crippen LogP contribution >= 0.6 is 0 Å². The average molecular weight is 282 g/mol. The minimum Gasteiger partial charge on any atom is -0.382 e. The summed E-state index contributed by atoms with van der Waals surface area (Å²) in [5.74, 6) is 0. The molecule has 2 aliphatic rings. The first kappa shape index (κ1) is 16.3. The minimum absolute atomic E-state index is 0.328. The molecule has 2 fully saturated rings. The highest BCUT2D eigenvalue weighted by Crippen LogP contribution is 2.35. The second-order valence-corrected chi connectivity index (χ2v) is 7.02. The van der Waals surface area contributed by atoms with E-state index in [0.717, 1.165) is 19.8 Å². The molecule has 1 spiro atoms. The van der Waals surface area contributed by atoms with Crippen LogP contribution in [0.1, 0.15) is 65.7 Å². The van der Waals surface area contributed by atoms with E-state index in [1.807, 2.05) is 0 Å². The largest absolute Gasteiger partial charge is 0.382 e. The number of nitrogens with one attached hydrogen (secondary N) is 1. The SMILES string of the molecule is CCOCCCN1CC2(CCCCC2)NCC1(C)CC. The van der Waals surface area contributed by atoms with Gasteiger partial charge in [0.2, 0.25) is 0 Å². The molecule has 0 aromatic rings. The fourth-order valence-electron chi connectivity index (χ4n) is 3.86. The van der Waals surface area contributed by atoms with Gasteiger partial charge in [-0.3, -0.25) is 4.90 Å². The lowest BCUT2D eigenvalue weighted by Gasteiger charge is -2.54. The molecule has 3 nitrogen and oxygen atoms in total. The van der Waals surface area contributed by atoms with E-state index in [1.54, 1.807) is 0 Å². The van der Waals surface area contributed by atoms with Gasteiger partial charge in [-0.05, 0) is 39.5 Å². The van der Waals surface area contributed by atoms with Gasteiger partial charge in [-0.25, -0.2) is 0 Å². The molecule has 0 bridgehead atoms. The van der Waals surface area contributed by atoms with Crippen LogP contribution in [0.3, 0.4) is 0 Å². The lowest BCUT2D eigenvalue weighted by atomic mass is 9.77. The van der Waals surface area contributed by atoms with Gasteiger partial charge in [0.05, 0.1) is 0 Å². The monoisotopic (exact) mass is 282 g/mol. The average Bonchev–Trinajstić information content (AvgIpc) is 2.48. The first-order valence-corrected chi connectivity index (χ1v) is 8.72. The Morgan fingerprint density at radius 2 is 1.90 bits per heavy atom. The summed E-state index contributed by atoms with van der Waals surface area (Å²) in [6.07, 6.45) is 9.37. The van der Waals surface area contributed by atoms with E-state index in [9.17, 15) is 0 Å². The molecular formula is C17H34N2O. The second kappa shape index (κ2) is 7.24. The Bertz CT molecular complexity index is 289. The molecule has 118 valence electrons. The first-order valence-electron chi connectivity index (χ1n) is 8.72. The van der Waals surface area contributed by atoms with E-state index in [1.165, 1.54) is 58.0 Å². The normalized spacial score (nSPS) is 30.8. The van der Waals surface area contributed by atoms with E-state index < -0.39 is 0 Å². The molecule has 1 unspecified atom stereocenters. The molecule has 1 aliphatic heterocycles. The van der Waals surface area contributed by atoms with Gasteiger partial charge in [-0.15, -0.1) is 0 Å². The zero-order valence-corrected chi connectivity index (χ0v) is 13.8. The van der Waals surface area contributed by atoms with Crippen LogP contribution in [0.15, 0.2) is 0 Å². The van der Waals surface area contributed by atoms with Crippen molar-refractivity contribution in [3.05, 3.63) is 0 Å². The lowest BCUT2D eigenvalue weighted by Crippen LogP contribution is -2.69. The summed E-state index contributed by atoms with van der Waals surface area (Å²) >= 11 is 0. The van der Waals surface area contributed by atoms with Gasteiger partial charge in [-0.2, -0.15) is 0 Å². The van der Waals surface area contributed by atoms with Gasteiger partial charge in [0.1, 0.15) is 0 Å². The van der Waals surface area contributed by atoms with Crippen molar-refractivity contribution in [3.63, 3.8) is 0 Å². The fraction of sp³-hybridized carbons (Fsp3) is 1.00. The molecule has 1 N–H and O–H groups in total. The maximum atomic E-state index is 5.52. The quantitative estimate of drug-likeness (QED) is 0.757. The molecule has 0 amide bonds. The first-order chi connectivity index (χ1) is 9.64. The summed E-state index contributed by atoms with van der Waals surface area (Å²) in [7, 11) is 0. The van der Waals surface area contributed by atoms with Crippen molar-refractivity contribution in [2.24, 2.45) is 0 Å². The summed E-state index contributed by atoms with van der Waals surface area (Å²) in [6.45, 7) is 12.2. The fourth-order valence-corrected chi connectivity index (χ4v) is 3.86. The Kier molecular flexibility index (Phi) is 5.88. The third-order valence-electron chi connectivity index (χ3n) is 5.59. The summed E-state index contributed by atoms with van der Waals surface area (Å²) in [4.78, 5) is 2.76. The molecule has 0 aromatic heterocycles. The number of ether oxygens (including phenoxy) is 1. The van der Waals surface area contributed by atoms with Crippen molar-refractivity contribution in [1.82, 2.24) is 10.2 Å². The standard InChI is InChI=1S/C17H34N2O/c1-4-16(3)14-18-17(10-7-6-8-11-17)15-19(16)12-9-13-20-5-2/h18H,4-15H2,1-3H3. The number of rotatable bonds is 6. The van der Waals surface area contributed by atoms with Crippen LogP contribution < -0.4 is 5.32 Å². The molecule has 1 atom stereocenters. The van der Waals surface area contributed by atoms with Crippen LogP contribution in [0.5, 0.6) is 0 Å². The van der Waals surface area contributed by atoms with Gasteiger partial charge in [0.15, 0.2) is 0 Å². The van der Waals surface area contributed by atoms with Crippen molar-refractivity contribution in [2.45, 2.75) is 76.8 Å². The van der Waals surface area contributed by atoms with Crippen LogP contribution in [0.2, 0.25) is 0 Å². The molecule has 1 saturated heterocycles. The Labute approximate surface area is 125 Å². The number of nitrogens with zero attached hydrogens (tertiary/aromatic N) is 1. The maximum absolute atomic E-state index is 5.52. The van der Waals surface area contributed by atoms with Crippen LogP contribution in [0.25, 0.3) is 0 Å². The van der Waals surface area contributed by atoms with Crippen LogP contribution in [-0.2, 0) is 4.74 Å². The second-order valence-electron chi connectivity index (χ2n) is 7.02. The van der Waals surface area contributed by atoms with Gasteiger partial charge in [-0.1, -0.05) is 26.2 Å². The Hall–Kier alpha value is -0.120. The molecule has 1 heterocycles. The van der Waals surface area contributed by atoms with E-state index >= 15 is 0 Å². The summed E-state index contributed by atoms with van der Waals surface area (Å²) < 4.78 is 5.52. The highest BCUT2D eigenvalue weighted by atomic mass is 16.5. The minimum atomic E-state index is 0.328. The van der Waals surface area contributed by atoms with E-state index in [0.29, 0.717) is 11.1 Å². The predicted octanol–water partition coefficient (Wildman–Crippen LogP) is 3.19. The van der Waals surface area contributed by atoms with Gasteiger partial charge < -0.3 is 10.1 Å². The molecule has 20 heavy (non-hydrogen) atoms. The van der Waals surface area contributed by atoms with Gasteiger partial charge >= 0.3 is 0 Å². The molecule has 0 aromatic carbocycles. The maximum Gasteiger partial charge on any atom is 0.0478 e. The Morgan fingerprint density at radius 3 is 2.55 bits per heavy atom. The Balaban J connectivity index is 1.94. The van der Waals surface area contributed by atoms with Crippen LogP contribution in [0, 0.1) is 0 Å². The van der Waals surface area contributed by atoms with Crippen molar-refractivity contribution < 1.29 is 4.74 Å². The van der Waals surface area contributed by atoms with E-state index in [4.69, 9.17) is 4.74 Å². The molecule has 1 saturated carbocycles. The molecule has 0 radical (unpaired) electrons. The van der Waals surface area contributed by atoms with Gasteiger partial charge in [0, 0.05) is 43.9 Å². The zero-order valence-electron chi connectivity index (χ0n) is 13.8. The summed E-state index contributed by atoms with van der Waals surface area (Å²) in [5.41, 5.74) is 0.744. The third kappa shape index (κ3) is 3.75. The van der Waals surface area contributed by atoms with Crippen molar-refractivity contribution in [2.75, 3.05) is 32.8 Å². The molecule has 1 aliphatic carbocycles. The molecular weight excluding hydrogens is 248 g/mol. The number of hydrogen-bond donors (Lipinski definition) is 1. The van der Waals surface area contributed by atoms with Gasteiger partial charge in [0.25, 0.3) is 0 Å². The highest BCUT2D eigenvalue weighted by Gasteiger charge is 2.44. The molecule has 2 rings (SSSR count). The highest BCUT2D eigenvalue weighted by molar-refractivity contribution is 5.04. The van der Waals surface area contributed by atoms with Crippen molar-refractivity contribution in [1.29, 1.82) is 0 Å². The van der Waals surface area contributed by atoms with Crippen LogP contribution in [0.4, 0.5) is 0 Å². The zero-order chi connectivity index (χ0) is 14.5. The predicted molar refractivity (Wildman–Crippen MR) is 85.2 cm³/mol. The third-order valence-corrected chi connectivity index (χ3v) is 5.59. The molecule has 3 heteroatoms. The number of piperazine rings is 1. The lowest BCUT2D eigenvalue weighted by molar-refractivity contribution is -0.00691. The summed E-state index contributed by atoms with van der Waals surface area (Å²) in [5, 5.41) is 3.93. The Morgan fingerprint density at radius 1 is 1.15 bits per heavy atom. The smallest absolute Gasteiger partial charge is 0.0478 e. The van der Waals surface area contributed by atoms with E-state index in [2.05, 4.69) is 31.0 Å². The van der Waals surface area contributed by atoms with Crippen LogP contribution in [-0.4, -0.2) is 48.8 Å². The topological polar surface area (TPSA) is 24.5 Å². The van der Waals surface area contributed by atoms with Crippen molar-refractivity contribution in [3.8, 4) is 0 Å². The van der Waals surface area contributed by atoms with Crippen molar-refractivity contribution >= 4 is 0 Å². The van der Waals surface area contributed by atoms with E-state index in [-0.39, 0.29) is 0 Å².